The van der Waals surface area contributed by atoms with Crippen LogP contribution in [-0.4, -0.2) is 28.0 Å². The normalized spacial score (nSPS) is 10.7. The number of pyridine rings is 1. The highest BCUT2D eigenvalue weighted by molar-refractivity contribution is 5.88. The molecular weight excluding hydrogens is 262 g/mol. The van der Waals surface area contributed by atoms with Crippen molar-refractivity contribution in [2.75, 3.05) is 7.11 Å². The molecule has 0 fully saturated rings. The second-order valence-electron chi connectivity index (χ2n) is 3.85. The zero-order chi connectivity index (χ0) is 14.5. The van der Waals surface area contributed by atoms with E-state index in [0.717, 1.165) is 0 Å². The molecule has 102 valence electrons. The van der Waals surface area contributed by atoms with Crippen molar-refractivity contribution in [1.82, 2.24) is 9.97 Å². The van der Waals surface area contributed by atoms with Gasteiger partial charge < -0.3 is 9.72 Å². The maximum Gasteiger partial charge on any atom is 0.354 e. The summed E-state index contributed by atoms with van der Waals surface area (Å²) in [5.41, 5.74) is 1.56. The topological polar surface area (TPSA) is 98.1 Å². The number of methoxy groups -OCH3 is 1. The monoisotopic (exact) mass is 273 g/mol. The summed E-state index contributed by atoms with van der Waals surface area (Å²) in [6.45, 7) is 0. The van der Waals surface area contributed by atoms with Gasteiger partial charge in [-0.15, -0.1) is 0 Å². The van der Waals surface area contributed by atoms with Crippen molar-refractivity contribution >= 4 is 23.8 Å². The molecule has 2 aromatic heterocycles. The van der Waals surface area contributed by atoms with E-state index in [2.05, 4.69) is 14.7 Å². The van der Waals surface area contributed by atoms with Gasteiger partial charge in [-0.1, -0.05) is 0 Å². The Balaban J connectivity index is 2.11. The van der Waals surface area contributed by atoms with Gasteiger partial charge in [0.15, 0.2) is 0 Å². The number of nitrogens with one attached hydrogen (secondary N) is 1. The number of nitro groups is 1. The van der Waals surface area contributed by atoms with E-state index >= 15 is 0 Å². The van der Waals surface area contributed by atoms with Crippen LogP contribution in [0.15, 0.2) is 30.5 Å². The molecule has 0 aliphatic rings. The molecule has 2 rings (SSSR count). The van der Waals surface area contributed by atoms with Crippen molar-refractivity contribution < 1.29 is 14.5 Å². The average molecular weight is 273 g/mol. The summed E-state index contributed by atoms with van der Waals surface area (Å²) >= 11 is 0. The van der Waals surface area contributed by atoms with E-state index in [0.29, 0.717) is 17.1 Å². The molecule has 7 heteroatoms. The van der Waals surface area contributed by atoms with Gasteiger partial charge in [-0.2, -0.15) is 0 Å². The van der Waals surface area contributed by atoms with E-state index in [4.69, 9.17) is 0 Å². The maximum absolute atomic E-state index is 11.2. The van der Waals surface area contributed by atoms with Crippen LogP contribution in [0.25, 0.3) is 12.2 Å². The van der Waals surface area contributed by atoms with Gasteiger partial charge in [0.2, 0.25) is 0 Å². The van der Waals surface area contributed by atoms with Gasteiger partial charge in [-0.3, -0.25) is 10.1 Å². The summed E-state index contributed by atoms with van der Waals surface area (Å²) < 4.78 is 4.58. The van der Waals surface area contributed by atoms with Gasteiger partial charge in [0.05, 0.1) is 17.7 Å². The van der Waals surface area contributed by atoms with Gasteiger partial charge in [0, 0.05) is 11.8 Å². The molecule has 1 N–H and O–H groups in total. The fraction of sp³-hybridized carbons (Fsp3) is 0.0769. The summed E-state index contributed by atoms with van der Waals surface area (Å²) in [7, 11) is 1.31. The Morgan fingerprint density at radius 1 is 1.35 bits per heavy atom. The molecule has 2 heterocycles. The van der Waals surface area contributed by atoms with Crippen molar-refractivity contribution in [2.45, 2.75) is 0 Å². The summed E-state index contributed by atoms with van der Waals surface area (Å²) in [4.78, 5) is 28.0. The number of esters is 1. The van der Waals surface area contributed by atoms with E-state index in [1.165, 1.54) is 19.4 Å². The standard InChI is InChI=1S/C13H11N3O4/c1-20-13(17)12-7-5-10(15-12)3-2-9-4-6-11(8-14-9)16(18)19/h2-8,15H,1H3/b3-2+. The first kappa shape index (κ1) is 13.5. The van der Waals surface area contributed by atoms with Crippen molar-refractivity contribution in [1.29, 1.82) is 0 Å². The maximum atomic E-state index is 11.2. The molecule has 2 aromatic rings. The van der Waals surface area contributed by atoms with Crippen LogP contribution < -0.4 is 0 Å². The summed E-state index contributed by atoms with van der Waals surface area (Å²) in [5.74, 6) is -0.446. The minimum absolute atomic E-state index is 0.0602. The Kier molecular flexibility index (Phi) is 3.90. The summed E-state index contributed by atoms with van der Waals surface area (Å²) in [6.07, 6.45) is 4.57. The average Bonchev–Trinajstić information content (AvgIpc) is 2.93. The van der Waals surface area contributed by atoms with Gasteiger partial charge in [0.25, 0.3) is 5.69 Å². The number of hydrogen-bond donors (Lipinski definition) is 1. The van der Waals surface area contributed by atoms with Crippen LogP contribution in [0, 0.1) is 10.1 Å². The van der Waals surface area contributed by atoms with Gasteiger partial charge >= 0.3 is 5.97 Å². The number of aromatic nitrogens is 2. The third kappa shape index (κ3) is 3.08. The van der Waals surface area contributed by atoms with E-state index < -0.39 is 10.9 Å². The number of rotatable bonds is 4. The molecule has 0 saturated heterocycles. The lowest BCUT2D eigenvalue weighted by Crippen LogP contribution is -2.00. The highest BCUT2D eigenvalue weighted by atomic mass is 16.6. The minimum atomic E-state index is -0.506. The second-order valence-corrected chi connectivity index (χ2v) is 3.85. The zero-order valence-corrected chi connectivity index (χ0v) is 10.6. The van der Waals surface area contributed by atoms with E-state index in [9.17, 15) is 14.9 Å². The Bertz CT molecular complexity index is 659. The van der Waals surface area contributed by atoms with Crippen LogP contribution in [0.4, 0.5) is 5.69 Å². The molecule has 0 amide bonds. The molecule has 0 aliphatic carbocycles. The molecule has 0 bridgehead atoms. The smallest absolute Gasteiger partial charge is 0.354 e. The van der Waals surface area contributed by atoms with Gasteiger partial charge in [-0.05, 0) is 30.4 Å². The molecule has 0 saturated carbocycles. The van der Waals surface area contributed by atoms with Crippen LogP contribution in [0.2, 0.25) is 0 Å². The Hall–Kier alpha value is -2.96. The molecular formula is C13H11N3O4. The highest BCUT2D eigenvalue weighted by Crippen LogP contribution is 2.11. The van der Waals surface area contributed by atoms with Crippen molar-refractivity contribution in [3.05, 3.63) is 57.7 Å². The minimum Gasteiger partial charge on any atom is -0.464 e. The predicted octanol–water partition coefficient (Wildman–Crippen LogP) is 2.27. The zero-order valence-electron chi connectivity index (χ0n) is 10.6. The summed E-state index contributed by atoms with van der Waals surface area (Å²) in [5, 5.41) is 10.5. The van der Waals surface area contributed by atoms with Crippen molar-refractivity contribution in [3.8, 4) is 0 Å². The molecule has 20 heavy (non-hydrogen) atoms. The number of aromatic amines is 1. The molecule has 7 nitrogen and oxygen atoms in total. The largest absolute Gasteiger partial charge is 0.464 e. The highest BCUT2D eigenvalue weighted by Gasteiger charge is 2.06. The number of H-pyrrole nitrogens is 1. The first-order valence-electron chi connectivity index (χ1n) is 5.66. The van der Waals surface area contributed by atoms with E-state index in [1.54, 1.807) is 30.4 Å². The van der Waals surface area contributed by atoms with E-state index in [-0.39, 0.29) is 5.69 Å². The lowest BCUT2D eigenvalue weighted by Gasteiger charge is -1.94. The fourth-order valence-electron chi connectivity index (χ4n) is 1.52. The first-order valence-corrected chi connectivity index (χ1v) is 5.66. The predicted molar refractivity (Wildman–Crippen MR) is 72.0 cm³/mol. The van der Waals surface area contributed by atoms with Crippen molar-refractivity contribution in [2.24, 2.45) is 0 Å². The van der Waals surface area contributed by atoms with Gasteiger partial charge in [0.1, 0.15) is 11.9 Å². The number of nitrogens with zero attached hydrogens (tertiary/aromatic N) is 2. The first-order chi connectivity index (χ1) is 9.60. The fourth-order valence-corrected chi connectivity index (χ4v) is 1.52. The molecule has 0 spiro atoms. The van der Waals surface area contributed by atoms with Crippen molar-refractivity contribution in [3.63, 3.8) is 0 Å². The quantitative estimate of drug-likeness (QED) is 0.523. The van der Waals surface area contributed by atoms with E-state index in [1.807, 2.05) is 0 Å². The molecule has 0 aromatic carbocycles. The van der Waals surface area contributed by atoms with Crippen LogP contribution in [0.5, 0.6) is 0 Å². The lowest BCUT2D eigenvalue weighted by atomic mass is 10.3. The number of hydrogen-bond acceptors (Lipinski definition) is 5. The molecule has 0 atom stereocenters. The Morgan fingerprint density at radius 3 is 2.75 bits per heavy atom. The number of carbonyl (C=O) groups is 1. The lowest BCUT2D eigenvalue weighted by molar-refractivity contribution is -0.385. The van der Waals surface area contributed by atoms with Crippen LogP contribution >= 0.6 is 0 Å². The van der Waals surface area contributed by atoms with Gasteiger partial charge in [-0.25, -0.2) is 9.78 Å². The molecule has 0 aliphatic heterocycles. The molecule has 0 radical (unpaired) electrons. The second kappa shape index (κ2) is 5.79. The Morgan fingerprint density at radius 2 is 2.15 bits per heavy atom. The number of ether oxygens (including phenoxy) is 1. The number of carbonyl (C=O) groups excluding carboxylic acids is 1. The Labute approximate surface area is 114 Å². The molecule has 0 unspecified atom stereocenters. The third-order valence-corrected chi connectivity index (χ3v) is 2.53. The van der Waals surface area contributed by atoms with Crippen LogP contribution in [0.3, 0.4) is 0 Å². The third-order valence-electron chi connectivity index (χ3n) is 2.53. The summed E-state index contributed by atoms with van der Waals surface area (Å²) in [6, 6.07) is 6.24. The van der Waals surface area contributed by atoms with Crippen LogP contribution in [0.1, 0.15) is 21.9 Å². The SMILES string of the molecule is COC(=O)c1ccc(/C=C/c2ccc([N+](=O)[O-])cn2)[nH]1. The van der Waals surface area contributed by atoms with Crippen LogP contribution in [-0.2, 0) is 4.74 Å².